The molecule has 6 nitrogen and oxygen atoms in total. The molecule has 1 unspecified atom stereocenters. The van der Waals surface area contributed by atoms with Crippen molar-refractivity contribution in [2.45, 2.75) is 31.0 Å². The molecule has 0 spiro atoms. The van der Waals surface area contributed by atoms with Crippen molar-refractivity contribution >= 4 is 10.0 Å². The van der Waals surface area contributed by atoms with Gasteiger partial charge in [-0.1, -0.05) is 18.2 Å². The molecule has 0 aliphatic carbocycles. The van der Waals surface area contributed by atoms with Crippen LogP contribution in [0.15, 0.2) is 41.8 Å². The van der Waals surface area contributed by atoms with Gasteiger partial charge in [0.1, 0.15) is 5.82 Å². The van der Waals surface area contributed by atoms with Gasteiger partial charge in [-0.2, -0.15) is 0 Å². The third-order valence-corrected chi connectivity index (χ3v) is 4.49. The van der Waals surface area contributed by atoms with E-state index in [-0.39, 0.29) is 23.2 Å². The highest BCUT2D eigenvalue weighted by atomic mass is 32.2. The summed E-state index contributed by atoms with van der Waals surface area (Å²) in [4.78, 5) is 3.83. The number of imidazole rings is 1. The van der Waals surface area contributed by atoms with Crippen molar-refractivity contribution < 1.29 is 17.9 Å². The van der Waals surface area contributed by atoms with Crippen LogP contribution >= 0.6 is 0 Å². The summed E-state index contributed by atoms with van der Waals surface area (Å²) in [5, 5.41) is 9.78. The normalized spacial score (nSPS) is 13.5. The van der Waals surface area contributed by atoms with E-state index in [9.17, 15) is 17.9 Å². The van der Waals surface area contributed by atoms with Crippen LogP contribution in [-0.4, -0.2) is 29.6 Å². The number of aliphatic hydroxyl groups is 1. The predicted molar refractivity (Wildman–Crippen MR) is 79.2 cm³/mol. The van der Waals surface area contributed by atoms with Crippen molar-refractivity contribution in [3.63, 3.8) is 0 Å². The second-order valence-electron chi connectivity index (χ2n) is 5.14. The number of benzene rings is 1. The first kappa shape index (κ1) is 16.6. The molecule has 0 aliphatic heterocycles. The van der Waals surface area contributed by atoms with Crippen LogP contribution in [0.2, 0.25) is 0 Å². The quantitative estimate of drug-likeness (QED) is 0.844. The number of aliphatic hydroxyl groups excluding tert-OH is 1. The lowest BCUT2D eigenvalue weighted by atomic mass is 10.1. The van der Waals surface area contributed by atoms with Crippen LogP contribution in [0.4, 0.5) is 4.39 Å². The second kappa shape index (κ2) is 6.55. The molecular formula is C14H18FN3O3S. The summed E-state index contributed by atoms with van der Waals surface area (Å²) in [6.07, 6.45) is 1.55. The van der Waals surface area contributed by atoms with Crippen molar-refractivity contribution in [1.82, 2.24) is 14.3 Å². The van der Waals surface area contributed by atoms with Crippen LogP contribution < -0.4 is 4.72 Å². The van der Waals surface area contributed by atoms with Gasteiger partial charge in [-0.3, -0.25) is 0 Å². The third-order valence-electron chi connectivity index (χ3n) is 3.18. The summed E-state index contributed by atoms with van der Waals surface area (Å²) in [6.45, 7) is 3.46. The Bertz CT molecular complexity index is 743. The fraction of sp³-hybridized carbons (Fsp3) is 0.357. The number of nitrogens with one attached hydrogen (secondary N) is 1. The largest absolute Gasteiger partial charge is 0.387 e. The van der Waals surface area contributed by atoms with E-state index in [0.717, 1.165) is 0 Å². The van der Waals surface area contributed by atoms with Crippen LogP contribution in [0.3, 0.4) is 0 Å². The maximum absolute atomic E-state index is 13.5. The molecule has 2 aromatic rings. The molecule has 2 N–H and O–H groups in total. The van der Waals surface area contributed by atoms with E-state index >= 15 is 0 Å². The van der Waals surface area contributed by atoms with Crippen molar-refractivity contribution in [2.75, 3.05) is 6.54 Å². The van der Waals surface area contributed by atoms with Gasteiger partial charge in [0.2, 0.25) is 0 Å². The summed E-state index contributed by atoms with van der Waals surface area (Å²) in [6, 6.07) is 5.76. The smallest absolute Gasteiger partial charge is 0.259 e. The van der Waals surface area contributed by atoms with E-state index in [4.69, 9.17) is 0 Å². The minimum absolute atomic E-state index is 0.0397. The van der Waals surface area contributed by atoms with E-state index < -0.39 is 21.9 Å². The molecule has 0 aliphatic rings. The number of hydrogen-bond acceptors (Lipinski definition) is 4. The van der Waals surface area contributed by atoms with Crippen molar-refractivity contribution in [3.05, 3.63) is 48.2 Å². The maximum Gasteiger partial charge on any atom is 0.259 e. The van der Waals surface area contributed by atoms with Gasteiger partial charge in [-0.25, -0.2) is 22.5 Å². The standard InChI is InChI=1S/C14H18FN3O3S/c1-10(2)18-8-14(16-9-18)22(20,21)17-7-13(19)11-5-3-4-6-12(11)15/h3-6,8-10,13,17,19H,7H2,1-2H3. The van der Waals surface area contributed by atoms with Gasteiger partial charge in [-0.05, 0) is 19.9 Å². The van der Waals surface area contributed by atoms with Crippen LogP contribution in [-0.2, 0) is 10.0 Å². The van der Waals surface area contributed by atoms with E-state index in [1.807, 2.05) is 13.8 Å². The lowest BCUT2D eigenvalue weighted by molar-refractivity contribution is 0.177. The molecule has 0 saturated heterocycles. The Morgan fingerprint density at radius 2 is 2.05 bits per heavy atom. The Kier molecular flexibility index (Phi) is 4.94. The highest BCUT2D eigenvalue weighted by molar-refractivity contribution is 7.89. The molecule has 120 valence electrons. The van der Waals surface area contributed by atoms with Crippen LogP contribution in [0.1, 0.15) is 31.6 Å². The highest BCUT2D eigenvalue weighted by Gasteiger charge is 2.20. The summed E-state index contributed by atoms with van der Waals surface area (Å²) in [5.41, 5.74) is 0.0397. The van der Waals surface area contributed by atoms with E-state index in [0.29, 0.717) is 0 Å². The monoisotopic (exact) mass is 327 g/mol. The number of nitrogens with zero attached hydrogens (tertiary/aromatic N) is 2. The molecule has 0 radical (unpaired) electrons. The molecular weight excluding hydrogens is 309 g/mol. The summed E-state index contributed by atoms with van der Waals surface area (Å²) in [5.74, 6) is -0.585. The fourth-order valence-electron chi connectivity index (χ4n) is 1.86. The number of rotatable bonds is 6. The topological polar surface area (TPSA) is 84.2 Å². The zero-order valence-corrected chi connectivity index (χ0v) is 13.1. The third kappa shape index (κ3) is 3.70. The van der Waals surface area contributed by atoms with E-state index in [2.05, 4.69) is 9.71 Å². The SMILES string of the molecule is CC(C)n1cnc(S(=O)(=O)NCC(O)c2ccccc2F)c1. The Hall–Kier alpha value is -1.77. The van der Waals surface area contributed by atoms with Gasteiger partial charge in [0.05, 0.1) is 12.4 Å². The Balaban J connectivity index is 2.07. The van der Waals surface area contributed by atoms with E-state index in [1.165, 1.54) is 30.7 Å². The van der Waals surface area contributed by atoms with Crippen LogP contribution in [0.5, 0.6) is 0 Å². The van der Waals surface area contributed by atoms with Crippen LogP contribution in [0.25, 0.3) is 0 Å². The number of sulfonamides is 1. The van der Waals surface area contributed by atoms with Gasteiger partial charge in [-0.15, -0.1) is 0 Å². The number of hydrogen-bond donors (Lipinski definition) is 2. The molecule has 0 fully saturated rings. The zero-order chi connectivity index (χ0) is 16.3. The van der Waals surface area contributed by atoms with Gasteiger partial charge in [0, 0.05) is 24.3 Å². The second-order valence-corrected chi connectivity index (χ2v) is 6.86. The molecule has 22 heavy (non-hydrogen) atoms. The lowest BCUT2D eigenvalue weighted by Gasteiger charge is -2.12. The minimum Gasteiger partial charge on any atom is -0.387 e. The van der Waals surface area contributed by atoms with Crippen LogP contribution in [0, 0.1) is 5.82 Å². The van der Waals surface area contributed by atoms with Crippen molar-refractivity contribution in [2.24, 2.45) is 0 Å². The number of halogens is 1. The molecule has 1 aromatic heterocycles. The first-order valence-corrected chi connectivity index (χ1v) is 8.25. The molecule has 0 bridgehead atoms. The first-order valence-electron chi connectivity index (χ1n) is 6.77. The molecule has 2 rings (SSSR count). The number of aromatic nitrogens is 2. The van der Waals surface area contributed by atoms with E-state index in [1.54, 1.807) is 10.6 Å². The zero-order valence-electron chi connectivity index (χ0n) is 12.3. The summed E-state index contributed by atoms with van der Waals surface area (Å²) >= 11 is 0. The Morgan fingerprint density at radius 1 is 1.36 bits per heavy atom. The average molecular weight is 327 g/mol. The summed E-state index contributed by atoms with van der Waals surface area (Å²) < 4.78 is 41.6. The molecule has 1 atom stereocenters. The first-order chi connectivity index (χ1) is 10.3. The Morgan fingerprint density at radius 3 is 2.64 bits per heavy atom. The maximum atomic E-state index is 13.5. The highest BCUT2D eigenvalue weighted by Crippen LogP contribution is 2.17. The minimum atomic E-state index is -3.85. The lowest BCUT2D eigenvalue weighted by Crippen LogP contribution is -2.29. The average Bonchev–Trinajstić information content (AvgIpc) is 2.96. The van der Waals surface area contributed by atoms with Crippen molar-refractivity contribution in [1.29, 1.82) is 0 Å². The molecule has 1 aromatic carbocycles. The fourth-order valence-corrected chi connectivity index (χ4v) is 2.83. The molecule has 0 amide bonds. The van der Waals surface area contributed by atoms with Gasteiger partial charge >= 0.3 is 0 Å². The molecule has 8 heteroatoms. The van der Waals surface area contributed by atoms with Gasteiger partial charge in [0.15, 0.2) is 5.03 Å². The summed E-state index contributed by atoms with van der Waals surface area (Å²) in [7, 11) is -3.85. The van der Waals surface area contributed by atoms with Gasteiger partial charge in [0.25, 0.3) is 10.0 Å². The molecule has 0 saturated carbocycles. The molecule has 1 heterocycles. The predicted octanol–water partition coefficient (Wildman–Crippen LogP) is 1.61. The van der Waals surface area contributed by atoms with Gasteiger partial charge < -0.3 is 9.67 Å². The van der Waals surface area contributed by atoms with Crippen molar-refractivity contribution in [3.8, 4) is 0 Å². The Labute approximate surface area is 128 Å².